The Kier molecular flexibility index (Phi) is 11.2. The minimum absolute atomic E-state index is 0.104. The third-order valence-electron chi connectivity index (χ3n) is 6.60. The Morgan fingerprint density at radius 3 is 2.43 bits per heavy atom. The van der Waals surface area contributed by atoms with Crippen LogP contribution in [-0.4, -0.2) is 36.7 Å². The number of carboxylic acids is 1. The highest BCUT2D eigenvalue weighted by atomic mass is 32.1. The molecular weight excluding hydrogens is 482 g/mol. The van der Waals surface area contributed by atoms with Crippen LogP contribution in [-0.2, 0) is 17.8 Å². The molecule has 0 aliphatic heterocycles. The molecule has 3 N–H and O–H groups in total. The normalized spacial score (nSPS) is 11.8. The van der Waals surface area contributed by atoms with Gasteiger partial charge in [0.2, 0.25) is 0 Å². The van der Waals surface area contributed by atoms with E-state index in [9.17, 15) is 14.7 Å². The lowest BCUT2D eigenvalue weighted by Gasteiger charge is -2.19. The number of amides is 2. The van der Waals surface area contributed by atoms with E-state index in [-0.39, 0.29) is 6.03 Å². The second kappa shape index (κ2) is 14.5. The average Bonchev–Trinajstić information content (AvgIpc) is 3.32. The van der Waals surface area contributed by atoms with Crippen LogP contribution in [0.1, 0.15) is 55.0 Å². The number of nitrogens with one attached hydrogen (secondary N) is 2. The van der Waals surface area contributed by atoms with E-state index in [1.54, 1.807) is 23.3 Å². The molecule has 0 unspecified atom stereocenters. The predicted molar refractivity (Wildman–Crippen MR) is 153 cm³/mol. The van der Waals surface area contributed by atoms with E-state index in [0.717, 1.165) is 40.1 Å². The number of carboxylic acid groups (broad SMARTS) is 1. The maximum atomic E-state index is 12.6. The molecule has 3 aromatic rings. The van der Waals surface area contributed by atoms with Crippen molar-refractivity contribution in [3.63, 3.8) is 0 Å². The van der Waals surface area contributed by atoms with E-state index in [1.165, 1.54) is 24.8 Å². The van der Waals surface area contributed by atoms with Gasteiger partial charge in [0.15, 0.2) is 0 Å². The summed E-state index contributed by atoms with van der Waals surface area (Å²) in [4.78, 5) is 27.2. The van der Waals surface area contributed by atoms with Gasteiger partial charge in [-0.05, 0) is 65.6 Å². The number of aryl methyl sites for hydroxylation is 1. The zero-order valence-corrected chi connectivity index (χ0v) is 22.9. The first-order valence-corrected chi connectivity index (χ1v) is 14.0. The van der Waals surface area contributed by atoms with Crippen molar-refractivity contribution in [3.05, 3.63) is 76.0 Å². The van der Waals surface area contributed by atoms with Crippen LogP contribution in [0, 0.1) is 6.92 Å². The van der Waals surface area contributed by atoms with Gasteiger partial charge in [0.05, 0.1) is 0 Å². The molecule has 198 valence electrons. The van der Waals surface area contributed by atoms with Gasteiger partial charge < -0.3 is 10.4 Å². The van der Waals surface area contributed by atoms with E-state index in [1.807, 2.05) is 66.9 Å². The molecule has 1 aromatic heterocycles. The molecule has 0 aliphatic carbocycles. The third-order valence-corrected chi connectivity index (χ3v) is 7.62. The molecule has 1 atom stereocenters. The quantitative estimate of drug-likeness (QED) is 0.208. The number of unbranched alkanes of at least 4 members (excludes halogenated alkanes) is 4. The largest absolute Gasteiger partial charge is 0.480 e. The Morgan fingerprint density at radius 1 is 1.00 bits per heavy atom. The molecule has 0 spiro atoms. The fraction of sp³-hybridized carbons (Fsp3) is 0.400. The molecule has 0 saturated carbocycles. The van der Waals surface area contributed by atoms with Crippen LogP contribution in [0.15, 0.2) is 60.0 Å². The second-order valence-electron chi connectivity index (χ2n) is 9.46. The third kappa shape index (κ3) is 8.72. The van der Waals surface area contributed by atoms with Crippen molar-refractivity contribution in [1.82, 2.24) is 10.6 Å². The van der Waals surface area contributed by atoms with Gasteiger partial charge in [-0.15, -0.1) is 11.3 Å². The summed E-state index contributed by atoms with van der Waals surface area (Å²) in [5, 5.41) is 17.9. The molecule has 3 rings (SSSR count). The molecule has 0 radical (unpaired) electrons. The Labute approximate surface area is 224 Å². The van der Waals surface area contributed by atoms with Crippen molar-refractivity contribution in [2.75, 3.05) is 18.5 Å². The van der Waals surface area contributed by atoms with Crippen LogP contribution in [0.25, 0.3) is 11.1 Å². The molecule has 7 heteroatoms. The SMILES string of the molecule is CCCCCCCNC(=O)N(C)c1cccc(-c2ccc(C[C@H](NCc3sccc3C)C(=O)O)cc2)c1. The van der Waals surface area contributed by atoms with Gasteiger partial charge in [-0.1, -0.05) is 69.0 Å². The van der Waals surface area contributed by atoms with Crippen LogP contribution < -0.4 is 15.5 Å². The molecule has 6 nitrogen and oxygen atoms in total. The second-order valence-corrected chi connectivity index (χ2v) is 10.5. The molecule has 1 heterocycles. The first-order chi connectivity index (χ1) is 17.9. The summed E-state index contributed by atoms with van der Waals surface area (Å²) in [6, 6.07) is 17.1. The number of carbonyl (C=O) groups excluding carboxylic acids is 1. The minimum Gasteiger partial charge on any atom is -0.480 e. The number of benzene rings is 2. The lowest BCUT2D eigenvalue weighted by molar-refractivity contribution is -0.139. The first-order valence-electron chi connectivity index (χ1n) is 13.1. The summed E-state index contributed by atoms with van der Waals surface area (Å²) in [5.74, 6) is -0.853. The molecule has 0 bridgehead atoms. The molecule has 0 fully saturated rings. The van der Waals surface area contributed by atoms with Gasteiger partial charge in [0.25, 0.3) is 0 Å². The van der Waals surface area contributed by atoms with Gasteiger partial charge in [-0.3, -0.25) is 15.0 Å². The lowest BCUT2D eigenvalue weighted by Crippen LogP contribution is -2.38. The van der Waals surface area contributed by atoms with Crippen molar-refractivity contribution >= 4 is 29.0 Å². The fourth-order valence-electron chi connectivity index (χ4n) is 4.17. The number of carbonyl (C=O) groups is 2. The van der Waals surface area contributed by atoms with Crippen molar-refractivity contribution in [2.45, 2.75) is 65.0 Å². The van der Waals surface area contributed by atoms with E-state index < -0.39 is 12.0 Å². The monoisotopic (exact) mass is 521 g/mol. The number of rotatable bonds is 14. The topological polar surface area (TPSA) is 81.7 Å². The molecular formula is C30H39N3O3S. The number of urea groups is 1. The highest BCUT2D eigenvalue weighted by molar-refractivity contribution is 7.10. The summed E-state index contributed by atoms with van der Waals surface area (Å²) in [7, 11) is 1.78. The number of thiophene rings is 1. The smallest absolute Gasteiger partial charge is 0.321 e. The Hall–Kier alpha value is -3.16. The zero-order chi connectivity index (χ0) is 26.6. The highest BCUT2D eigenvalue weighted by Gasteiger charge is 2.18. The number of nitrogens with zero attached hydrogens (tertiary/aromatic N) is 1. The van der Waals surface area contributed by atoms with Crippen LogP contribution in [0.5, 0.6) is 0 Å². The number of hydrogen-bond acceptors (Lipinski definition) is 4. The van der Waals surface area contributed by atoms with E-state index in [2.05, 4.69) is 17.6 Å². The van der Waals surface area contributed by atoms with Gasteiger partial charge >= 0.3 is 12.0 Å². The van der Waals surface area contributed by atoms with Crippen LogP contribution in [0.3, 0.4) is 0 Å². The highest BCUT2D eigenvalue weighted by Crippen LogP contribution is 2.25. The summed E-state index contributed by atoms with van der Waals surface area (Å²) < 4.78 is 0. The Bertz CT molecular complexity index is 1140. The summed E-state index contributed by atoms with van der Waals surface area (Å²) in [6.07, 6.45) is 6.21. The summed E-state index contributed by atoms with van der Waals surface area (Å²) >= 11 is 1.64. The zero-order valence-electron chi connectivity index (χ0n) is 22.1. The summed E-state index contributed by atoms with van der Waals surface area (Å²) in [6.45, 7) is 5.47. The van der Waals surface area contributed by atoms with Crippen molar-refractivity contribution in [3.8, 4) is 11.1 Å². The van der Waals surface area contributed by atoms with Crippen LogP contribution in [0.2, 0.25) is 0 Å². The molecule has 2 aromatic carbocycles. The number of anilines is 1. The maximum absolute atomic E-state index is 12.6. The Balaban J connectivity index is 1.57. The van der Waals surface area contributed by atoms with Gasteiger partial charge in [-0.2, -0.15) is 0 Å². The molecule has 2 amide bonds. The standard InChI is InChI=1S/C30H39N3O3S/c1-4-5-6-7-8-17-31-30(36)33(3)26-11-9-10-25(20-26)24-14-12-23(13-15-24)19-27(29(34)35)32-21-28-22(2)16-18-37-28/h9-16,18,20,27,32H,4-8,17,19,21H2,1-3H3,(H,31,36)(H,34,35)/t27-/m0/s1. The van der Waals surface area contributed by atoms with Crippen molar-refractivity contribution < 1.29 is 14.7 Å². The average molecular weight is 522 g/mol. The lowest BCUT2D eigenvalue weighted by atomic mass is 10.00. The Morgan fingerprint density at radius 2 is 1.76 bits per heavy atom. The van der Waals surface area contributed by atoms with E-state index in [0.29, 0.717) is 19.5 Å². The molecule has 37 heavy (non-hydrogen) atoms. The van der Waals surface area contributed by atoms with Crippen LogP contribution >= 0.6 is 11.3 Å². The minimum atomic E-state index is -0.853. The number of hydrogen-bond donors (Lipinski definition) is 3. The fourth-order valence-corrected chi connectivity index (χ4v) is 5.03. The number of aliphatic carboxylic acids is 1. The first kappa shape index (κ1) is 28.4. The van der Waals surface area contributed by atoms with Crippen molar-refractivity contribution in [2.24, 2.45) is 0 Å². The molecule has 0 aliphatic rings. The van der Waals surface area contributed by atoms with Crippen LogP contribution in [0.4, 0.5) is 10.5 Å². The van der Waals surface area contributed by atoms with Crippen molar-refractivity contribution in [1.29, 1.82) is 0 Å². The maximum Gasteiger partial charge on any atom is 0.321 e. The van der Waals surface area contributed by atoms with Gasteiger partial charge in [0.1, 0.15) is 6.04 Å². The molecule has 0 saturated heterocycles. The van der Waals surface area contributed by atoms with E-state index in [4.69, 9.17) is 0 Å². The van der Waals surface area contributed by atoms with Gasteiger partial charge in [-0.25, -0.2) is 4.79 Å². The van der Waals surface area contributed by atoms with E-state index >= 15 is 0 Å². The predicted octanol–water partition coefficient (Wildman–Crippen LogP) is 6.63. The summed E-state index contributed by atoms with van der Waals surface area (Å²) in [5.41, 5.74) is 4.98. The van der Waals surface area contributed by atoms with Gasteiger partial charge in [0, 0.05) is 30.7 Å².